The van der Waals surface area contributed by atoms with Crippen molar-refractivity contribution in [2.45, 2.75) is 18.6 Å². The molecule has 27 heavy (non-hydrogen) atoms. The highest BCUT2D eigenvalue weighted by atomic mass is 32.2. The molecule has 0 unspecified atom stereocenters. The highest BCUT2D eigenvalue weighted by Crippen LogP contribution is 2.15. The minimum absolute atomic E-state index is 0.0327. The van der Waals surface area contributed by atoms with E-state index in [0.717, 1.165) is 5.56 Å². The van der Waals surface area contributed by atoms with Gasteiger partial charge in [0.05, 0.1) is 5.75 Å². The fourth-order valence-electron chi connectivity index (χ4n) is 3.19. The molecule has 0 aromatic heterocycles. The van der Waals surface area contributed by atoms with Crippen molar-refractivity contribution in [2.75, 3.05) is 26.2 Å². The van der Waals surface area contributed by atoms with Crippen LogP contribution in [0.1, 0.15) is 17.5 Å². The number of halogens is 1. The number of aryl methyl sites for hydroxylation is 1. The fourth-order valence-corrected chi connectivity index (χ4v) is 4.71. The first-order valence-corrected chi connectivity index (χ1v) is 10.6. The molecule has 0 saturated carbocycles. The summed E-state index contributed by atoms with van der Waals surface area (Å²) in [6, 6.07) is 15.5. The van der Waals surface area contributed by atoms with Gasteiger partial charge in [-0.2, -0.15) is 4.31 Å². The van der Waals surface area contributed by atoms with Gasteiger partial charge in [0.2, 0.25) is 15.9 Å². The van der Waals surface area contributed by atoms with E-state index in [4.69, 9.17) is 0 Å². The van der Waals surface area contributed by atoms with Crippen LogP contribution in [0.15, 0.2) is 54.6 Å². The number of carbonyl (C=O) groups excluding carboxylic acids is 1. The largest absolute Gasteiger partial charge is 0.340 e. The van der Waals surface area contributed by atoms with Gasteiger partial charge in [0.25, 0.3) is 0 Å². The molecular weight excluding hydrogens is 367 g/mol. The zero-order valence-electron chi connectivity index (χ0n) is 15.1. The highest BCUT2D eigenvalue weighted by molar-refractivity contribution is 7.88. The first-order valence-electron chi connectivity index (χ1n) is 8.98. The molecule has 1 heterocycles. The molecule has 0 aliphatic carbocycles. The Hall–Kier alpha value is -2.25. The van der Waals surface area contributed by atoms with Crippen molar-refractivity contribution >= 4 is 15.9 Å². The van der Waals surface area contributed by atoms with E-state index in [9.17, 15) is 17.6 Å². The van der Waals surface area contributed by atoms with Gasteiger partial charge in [-0.15, -0.1) is 0 Å². The first kappa shape index (κ1) is 19.5. The average Bonchev–Trinajstić information content (AvgIpc) is 2.68. The van der Waals surface area contributed by atoms with Crippen LogP contribution in [-0.2, 0) is 27.0 Å². The van der Waals surface area contributed by atoms with Crippen LogP contribution in [-0.4, -0.2) is 49.7 Å². The summed E-state index contributed by atoms with van der Waals surface area (Å²) in [5.74, 6) is -0.407. The van der Waals surface area contributed by atoms with Crippen LogP contribution in [0.25, 0.3) is 0 Å². The molecule has 1 aliphatic heterocycles. The number of hydrogen-bond acceptors (Lipinski definition) is 3. The van der Waals surface area contributed by atoms with Gasteiger partial charge < -0.3 is 4.90 Å². The molecule has 144 valence electrons. The molecule has 2 aromatic rings. The van der Waals surface area contributed by atoms with E-state index in [1.165, 1.54) is 10.4 Å². The topological polar surface area (TPSA) is 57.7 Å². The zero-order valence-corrected chi connectivity index (χ0v) is 15.9. The van der Waals surface area contributed by atoms with Crippen molar-refractivity contribution in [3.63, 3.8) is 0 Å². The summed E-state index contributed by atoms with van der Waals surface area (Å²) in [4.78, 5) is 14.0. The minimum Gasteiger partial charge on any atom is -0.340 e. The van der Waals surface area contributed by atoms with Crippen LogP contribution < -0.4 is 0 Å². The normalized spacial score (nSPS) is 15.7. The van der Waals surface area contributed by atoms with Crippen molar-refractivity contribution in [1.29, 1.82) is 0 Å². The molecule has 0 N–H and O–H groups in total. The van der Waals surface area contributed by atoms with Crippen LogP contribution >= 0.6 is 0 Å². The summed E-state index contributed by atoms with van der Waals surface area (Å²) in [6.07, 6.45) is 0.565. The molecular formula is C20H23FN2O3S. The van der Waals surface area contributed by atoms with E-state index in [2.05, 4.69) is 0 Å². The van der Waals surface area contributed by atoms with Crippen molar-refractivity contribution in [1.82, 2.24) is 9.21 Å². The van der Waals surface area contributed by atoms with Crippen molar-refractivity contribution < 1.29 is 17.6 Å². The van der Waals surface area contributed by atoms with E-state index in [-0.39, 0.29) is 23.9 Å². The Morgan fingerprint density at radius 3 is 2.22 bits per heavy atom. The third-order valence-corrected chi connectivity index (χ3v) is 6.59. The molecule has 2 aromatic carbocycles. The maximum absolute atomic E-state index is 13.6. The average molecular weight is 390 g/mol. The number of amides is 1. The third kappa shape index (κ3) is 5.14. The number of piperazine rings is 1. The number of carbonyl (C=O) groups is 1. The van der Waals surface area contributed by atoms with Crippen LogP contribution in [0.4, 0.5) is 4.39 Å². The van der Waals surface area contributed by atoms with E-state index in [0.29, 0.717) is 38.2 Å². The van der Waals surface area contributed by atoms with Crippen LogP contribution in [0, 0.1) is 5.82 Å². The third-order valence-electron chi connectivity index (χ3n) is 4.74. The molecule has 0 bridgehead atoms. The van der Waals surface area contributed by atoms with E-state index < -0.39 is 10.0 Å². The summed E-state index contributed by atoms with van der Waals surface area (Å²) in [7, 11) is -3.40. The molecule has 1 amide bonds. The SMILES string of the molecule is O=C(CCc1ccccc1F)N1CCN(S(=O)(=O)Cc2ccccc2)CC1. The number of hydrogen-bond donors (Lipinski definition) is 0. The Labute approximate surface area is 159 Å². The molecule has 1 fully saturated rings. The summed E-state index contributed by atoms with van der Waals surface area (Å²) in [6.45, 7) is 1.31. The second-order valence-electron chi connectivity index (χ2n) is 6.61. The van der Waals surface area contributed by atoms with Gasteiger partial charge in [0, 0.05) is 32.6 Å². The second kappa shape index (κ2) is 8.63. The van der Waals surface area contributed by atoms with Gasteiger partial charge in [0.15, 0.2) is 0 Å². The summed E-state index contributed by atoms with van der Waals surface area (Å²) >= 11 is 0. The number of nitrogens with zero attached hydrogens (tertiary/aromatic N) is 2. The van der Waals surface area contributed by atoms with Crippen LogP contribution in [0.2, 0.25) is 0 Å². The van der Waals surface area contributed by atoms with Gasteiger partial charge in [-0.25, -0.2) is 12.8 Å². The standard InChI is InChI=1S/C20H23FN2O3S/c21-19-9-5-4-8-18(19)10-11-20(24)22-12-14-23(15-13-22)27(25,26)16-17-6-2-1-3-7-17/h1-9H,10-16H2. The van der Waals surface area contributed by atoms with E-state index in [1.807, 2.05) is 18.2 Å². The molecule has 1 aliphatic rings. The van der Waals surface area contributed by atoms with Gasteiger partial charge in [-0.05, 0) is 23.6 Å². The molecule has 1 saturated heterocycles. The first-order chi connectivity index (χ1) is 13.0. The Morgan fingerprint density at radius 2 is 1.56 bits per heavy atom. The fraction of sp³-hybridized carbons (Fsp3) is 0.350. The molecule has 5 nitrogen and oxygen atoms in total. The zero-order chi connectivity index (χ0) is 19.3. The summed E-state index contributed by atoms with van der Waals surface area (Å²) < 4.78 is 40.2. The summed E-state index contributed by atoms with van der Waals surface area (Å²) in [5, 5.41) is 0. The Morgan fingerprint density at radius 1 is 0.926 bits per heavy atom. The number of rotatable bonds is 6. The predicted molar refractivity (Wildman–Crippen MR) is 102 cm³/mol. The Bertz CT molecular complexity index is 879. The Kier molecular flexibility index (Phi) is 6.23. The van der Waals surface area contributed by atoms with E-state index in [1.54, 1.807) is 35.2 Å². The maximum atomic E-state index is 13.6. The second-order valence-corrected chi connectivity index (χ2v) is 8.58. The quantitative estimate of drug-likeness (QED) is 0.761. The summed E-state index contributed by atoms with van der Waals surface area (Å²) in [5.41, 5.74) is 1.27. The molecule has 3 rings (SSSR count). The number of sulfonamides is 1. The Balaban J connectivity index is 1.50. The van der Waals surface area contributed by atoms with E-state index >= 15 is 0 Å². The van der Waals surface area contributed by atoms with Crippen LogP contribution in [0.3, 0.4) is 0 Å². The maximum Gasteiger partial charge on any atom is 0.222 e. The lowest BCUT2D eigenvalue weighted by atomic mass is 10.1. The predicted octanol–water partition coefficient (Wildman–Crippen LogP) is 2.43. The van der Waals surface area contributed by atoms with Crippen molar-refractivity contribution in [2.24, 2.45) is 0 Å². The van der Waals surface area contributed by atoms with Crippen molar-refractivity contribution in [3.05, 3.63) is 71.5 Å². The lowest BCUT2D eigenvalue weighted by Gasteiger charge is -2.34. The highest BCUT2D eigenvalue weighted by Gasteiger charge is 2.28. The lowest BCUT2D eigenvalue weighted by Crippen LogP contribution is -2.50. The van der Waals surface area contributed by atoms with Gasteiger partial charge in [-0.3, -0.25) is 4.79 Å². The minimum atomic E-state index is -3.40. The smallest absolute Gasteiger partial charge is 0.222 e. The van der Waals surface area contributed by atoms with Crippen LogP contribution in [0.5, 0.6) is 0 Å². The molecule has 0 spiro atoms. The van der Waals surface area contributed by atoms with Gasteiger partial charge in [0.1, 0.15) is 5.82 Å². The van der Waals surface area contributed by atoms with Gasteiger partial charge in [-0.1, -0.05) is 48.5 Å². The van der Waals surface area contributed by atoms with Gasteiger partial charge >= 0.3 is 0 Å². The molecule has 0 atom stereocenters. The lowest BCUT2D eigenvalue weighted by molar-refractivity contribution is -0.132. The number of benzene rings is 2. The van der Waals surface area contributed by atoms with Crippen molar-refractivity contribution in [3.8, 4) is 0 Å². The molecule has 0 radical (unpaired) electrons. The molecule has 7 heteroatoms. The monoisotopic (exact) mass is 390 g/mol.